The quantitative estimate of drug-likeness (QED) is 0.572. The number of rotatable bonds is 3. The van der Waals surface area contributed by atoms with Crippen molar-refractivity contribution in [3.05, 3.63) is 0 Å². The van der Waals surface area contributed by atoms with Gasteiger partial charge >= 0.3 is 5.97 Å². The molecule has 2 fully saturated rings. The first kappa shape index (κ1) is 12.8. The molecule has 2 rings (SSSR count). The van der Waals surface area contributed by atoms with Gasteiger partial charge in [0.05, 0.1) is 12.5 Å². The van der Waals surface area contributed by atoms with Gasteiger partial charge in [0.15, 0.2) is 0 Å². The van der Waals surface area contributed by atoms with Gasteiger partial charge in [-0.1, -0.05) is 0 Å². The van der Waals surface area contributed by atoms with E-state index in [-0.39, 0.29) is 24.3 Å². The van der Waals surface area contributed by atoms with Crippen molar-refractivity contribution in [2.24, 2.45) is 0 Å². The highest BCUT2D eigenvalue weighted by molar-refractivity contribution is 5.93. The number of carbonyl (C=O) groups is 3. The molecular weight excluding hydrogens is 238 g/mol. The third-order valence-electron chi connectivity index (χ3n) is 3.34. The lowest BCUT2D eigenvalue weighted by Gasteiger charge is -2.35. The number of aliphatic carboxylic acids is 1. The largest absolute Gasteiger partial charge is 0.481 e. The first-order chi connectivity index (χ1) is 8.59. The second-order valence-electron chi connectivity index (χ2n) is 4.59. The van der Waals surface area contributed by atoms with Crippen LogP contribution in [0.3, 0.4) is 0 Å². The molecule has 2 heterocycles. The van der Waals surface area contributed by atoms with Crippen molar-refractivity contribution in [2.45, 2.75) is 31.3 Å². The van der Waals surface area contributed by atoms with Crippen LogP contribution < -0.4 is 10.6 Å². The Kier molecular flexibility index (Phi) is 3.81. The van der Waals surface area contributed by atoms with Crippen molar-refractivity contribution in [3.8, 4) is 0 Å². The molecule has 18 heavy (non-hydrogen) atoms. The third kappa shape index (κ3) is 2.61. The second kappa shape index (κ2) is 5.34. The monoisotopic (exact) mass is 255 g/mol. The van der Waals surface area contributed by atoms with Gasteiger partial charge in [0.25, 0.3) is 0 Å². The number of amides is 2. The van der Waals surface area contributed by atoms with E-state index in [1.54, 1.807) is 0 Å². The van der Waals surface area contributed by atoms with Crippen LogP contribution in [0.1, 0.15) is 19.3 Å². The van der Waals surface area contributed by atoms with E-state index in [0.717, 1.165) is 19.4 Å². The smallest absolute Gasteiger partial charge is 0.305 e. The number of nitrogens with one attached hydrogen (secondary N) is 2. The van der Waals surface area contributed by atoms with Gasteiger partial charge in [0.1, 0.15) is 6.04 Å². The first-order valence-electron chi connectivity index (χ1n) is 6.13. The Morgan fingerprint density at radius 3 is 2.78 bits per heavy atom. The van der Waals surface area contributed by atoms with E-state index in [2.05, 4.69) is 10.6 Å². The van der Waals surface area contributed by atoms with Crippen molar-refractivity contribution in [3.63, 3.8) is 0 Å². The van der Waals surface area contributed by atoms with Crippen LogP contribution in [0.4, 0.5) is 0 Å². The summed E-state index contributed by atoms with van der Waals surface area (Å²) in [5.74, 6) is -1.61. The molecule has 0 aromatic rings. The van der Waals surface area contributed by atoms with Crippen LogP contribution in [0.2, 0.25) is 0 Å². The lowest BCUT2D eigenvalue weighted by molar-refractivity contribution is -0.149. The zero-order valence-corrected chi connectivity index (χ0v) is 10.0. The van der Waals surface area contributed by atoms with Crippen molar-refractivity contribution < 1.29 is 19.5 Å². The highest BCUT2D eigenvalue weighted by Gasteiger charge is 2.37. The number of hydrogen-bond acceptors (Lipinski definition) is 4. The van der Waals surface area contributed by atoms with E-state index in [4.69, 9.17) is 5.11 Å². The normalized spacial score (nSPS) is 28.0. The fraction of sp³-hybridized carbons (Fsp3) is 0.727. The summed E-state index contributed by atoms with van der Waals surface area (Å²) >= 11 is 0. The SMILES string of the molecule is O=C(O)CC1C(=O)NCCN1C(=O)[C@@H]1CCCN1. The minimum absolute atomic E-state index is 0.159. The van der Waals surface area contributed by atoms with E-state index in [9.17, 15) is 14.4 Å². The van der Waals surface area contributed by atoms with Crippen molar-refractivity contribution in [1.29, 1.82) is 0 Å². The number of carboxylic acid groups (broad SMARTS) is 1. The van der Waals surface area contributed by atoms with Crippen molar-refractivity contribution in [2.75, 3.05) is 19.6 Å². The molecule has 0 aliphatic carbocycles. The molecule has 100 valence electrons. The van der Waals surface area contributed by atoms with Gasteiger partial charge in [0.2, 0.25) is 11.8 Å². The predicted molar refractivity (Wildman–Crippen MR) is 61.8 cm³/mol. The zero-order chi connectivity index (χ0) is 13.1. The molecule has 0 aromatic carbocycles. The molecule has 0 aromatic heterocycles. The number of hydrogen-bond donors (Lipinski definition) is 3. The molecule has 1 unspecified atom stereocenters. The average molecular weight is 255 g/mol. The molecule has 2 aliphatic rings. The zero-order valence-electron chi connectivity index (χ0n) is 10.0. The molecule has 0 bridgehead atoms. The second-order valence-corrected chi connectivity index (χ2v) is 4.59. The molecule has 2 amide bonds. The molecule has 7 nitrogen and oxygen atoms in total. The summed E-state index contributed by atoms with van der Waals surface area (Å²) in [6, 6.07) is -1.15. The Morgan fingerprint density at radius 2 is 2.17 bits per heavy atom. The van der Waals surface area contributed by atoms with E-state index < -0.39 is 12.0 Å². The maximum atomic E-state index is 12.2. The summed E-state index contributed by atoms with van der Waals surface area (Å²) in [5, 5.41) is 14.5. The highest BCUT2D eigenvalue weighted by atomic mass is 16.4. The van der Waals surface area contributed by atoms with E-state index in [1.807, 2.05) is 0 Å². The minimum atomic E-state index is -1.07. The number of nitrogens with zero attached hydrogens (tertiary/aromatic N) is 1. The molecule has 2 aliphatic heterocycles. The fourth-order valence-electron chi connectivity index (χ4n) is 2.44. The Hall–Kier alpha value is -1.63. The summed E-state index contributed by atoms with van der Waals surface area (Å²) in [6.07, 6.45) is 1.33. The van der Waals surface area contributed by atoms with Crippen LogP contribution in [0, 0.1) is 0 Å². The van der Waals surface area contributed by atoms with Crippen LogP contribution in [0.5, 0.6) is 0 Å². The van der Waals surface area contributed by atoms with Gasteiger partial charge in [-0.15, -0.1) is 0 Å². The fourth-order valence-corrected chi connectivity index (χ4v) is 2.44. The number of piperazine rings is 1. The van der Waals surface area contributed by atoms with Gasteiger partial charge in [-0.2, -0.15) is 0 Å². The Bertz CT molecular complexity index is 365. The summed E-state index contributed by atoms with van der Waals surface area (Å²) in [6.45, 7) is 1.55. The van der Waals surface area contributed by atoms with Crippen LogP contribution >= 0.6 is 0 Å². The maximum absolute atomic E-state index is 12.2. The predicted octanol–water partition coefficient (Wildman–Crippen LogP) is -1.46. The first-order valence-corrected chi connectivity index (χ1v) is 6.13. The Morgan fingerprint density at radius 1 is 1.39 bits per heavy atom. The van der Waals surface area contributed by atoms with Gasteiger partial charge in [-0.3, -0.25) is 14.4 Å². The molecule has 0 saturated carbocycles. The molecule has 2 atom stereocenters. The molecule has 2 saturated heterocycles. The van der Waals surface area contributed by atoms with Crippen LogP contribution in [0.15, 0.2) is 0 Å². The summed E-state index contributed by atoms with van der Waals surface area (Å²) in [4.78, 5) is 36.1. The van der Waals surface area contributed by atoms with Crippen molar-refractivity contribution >= 4 is 17.8 Å². The highest BCUT2D eigenvalue weighted by Crippen LogP contribution is 2.15. The lowest BCUT2D eigenvalue weighted by Crippen LogP contribution is -2.60. The van der Waals surface area contributed by atoms with Gasteiger partial charge in [-0.05, 0) is 19.4 Å². The van der Waals surface area contributed by atoms with Gasteiger partial charge in [0, 0.05) is 13.1 Å². The molecule has 3 N–H and O–H groups in total. The van der Waals surface area contributed by atoms with Crippen LogP contribution in [-0.4, -0.2) is 59.5 Å². The molecule has 0 radical (unpaired) electrons. The average Bonchev–Trinajstić information content (AvgIpc) is 2.84. The molecule has 7 heteroatoms. The Labute approximate surface area is 105 Å². The van der Waals surface area contributed by atoms with Crippen molar-refractivity contribution in [1.82, 2.24) is 15.5 Å². The number of carboxylic acids is 1. The number of carbonyl (C=O) groups excluding carboxylic acids is 2. The summed E-state index contributed by atoms with van der Waals surface area (Å²) in [5.41, 5.74) is 0. The minimum Gasteiger partial charge on any atom is -0.481 e. The van der Waals surface area contributed by atoms with Crippen LogP contribution in [-0.2, 0) is 14.4 Å². The van der Waals surface area contributed by atoms with E-state index in [0.29, 0.717) is 13.1 Å². The lowest BCUT2D eigenvalue weighted by atomic mass is 10.1. The molecular formula is C11H17N3O4. The standard InChI is InChI=1S/C11H17N3O4/c15-9(16)6-8-10(17)13-4-5-14(8)11(18)7-2-1-3-12-7/h7-8,12H,1-6H2,(H,13,17)(H,15,16)/t7-,8?/m0/s1. The molecule has 0 spiro atoms. The Balaban J connectivity index is 2.09. The van der Waals surface area contributed by atoms with Crippen LogP contribution in [0.25, 0.3) is 0 Å². The van der Waals surface area contributed by atoms with Gasteiger partial charge in [-0.25, -0.2) is 0 Å². The van der Waals surface area contributed by atoms with Gasteiger partial charge < -0.3 is 20.6 Å². The van der Waals surface area contributed by atoms with E-state index in [1.165, 1.54) is 4.90 Å². The topological polar surface area (TPSA) is 98.7 Å². The summed E-state index contributed by atoms with van der Waals surface area (Å²) in [7, 11) is 0. The van der Waals surface area contributed by atoms with E-state index >= 15 is 0 Å². The third-order valence-corrected chi connectivity index (χ3v) is 3.34. The maximum Gasteiger partial charge on any atom is 0.305 e. The summed E-state index contributed by atoms with van der Waals surface area (Å²) < 4.78 is 0.